The van der Waals surface area contributed by atoms with E-state index in [-0.39, 0.29) is 6.03 Å². The third-order valence-corrected chi connectivity index (χ3v) is 3.31. The van der Waals surface area contributed by atoms with Gasteiger partial charge < -0.3 is 9.64 Å². The molecule has 3 rings (SSSR count). The Labute approximate surface area is 99.5 Å². The number of amides is 2. The lowest BCUT2D eigenvalue weighted by atomic mass is 10.1. The smallest absolute Gasteiger partial charge is 0.324 e. The Morgan fingerprint density at radius 3 is 3.00 bits per heavy atom. The SMILES string of the molecule is O=C(N1CCOCC1)N1CCCc2[nH]ncc21. The number of hydrogen-bond donors (Lipinski definition) is 1. The van der Waals surface area contributed by atoms with E-state index in [1.165, 1.54) is 0 Å². The van der Waals surface area contributed by atoms with Crippen molar-refractivity contribution < 1.29 is 9.53 Å². The number of aromatic amines is 1. The molecule has 1 saturated heterocycles. The number of aryl methyl sites for hydroxylation is 1. The van der Waals surface area contributed by atoms with Gasteiger partial charge in [0, 0.05) is 19.6 Å². The lowest BCUT2D eigenvalue weighted by Crippen LogP contribution is -2.49. The number of H-pyrrole nitrogens is 1. The molecule has 3 heterocycles. The standard InChI is InChI=1S/C11H16N4O2/c16-11(14-4-6-17-7-5-14)15-3-1-2-9-10(15)8-12-13-9/h8H,1-7H2,(H,12,13). The molecule has 0 saturated carbocycles. The van der Waals surface area contributed by atoms with Gasteiger partial charge in [-0.15, -0.1) is 0 Å². The second-order valence-corrected chi connectivity index (χ2v) is 4.37. The van der Waals surface area contributed by atoms with Crippen LogP contribution < -0.4 is 4.90 Å². The zero-order valence-electron chi connectivity index (χ0n) is 9.69. The summed E-state index contributed by atoms with van der Waals surface area (Å²) in [6.07, 6.45) is 3.71. The molecule has 0 aromatic carbocycles. The van der Waals surface area contributed by atoms with Crippen LogP contribution in [0.5, 0.6) is 0 Å². The molecular weight excluding hydrogens is 220 g/mol. The predicted octanol–water partition coefficient (Wildman–Crippen LogP) is 0.614. The fourth-order valence-electron chi connectivity index (χ4n) is 2.38. The monoisotopic (exact) mass is 236 g/mol. The van der Waals surface area contributed by atoms with E-state index in [0.717, 1.165) is 30.8 Å². The third kappa shape index (κ3) is 1.88. The van der Waals surface area contributed by atoms with E-state index in [4.69, 9.17) is 4.74 Å². The van der Waals surface area contributed by atoms with E-state index in [1.807, 2.05) is 9.80 Å². The molecule has 17 heavy (non-hydrogen) atoms. The third-order valence-electron chi connectivity index (χ3n) is 3.31. The Morgan fingerprint density at radius 1 is 1.35 bits per heavy atom. The van der Waals surface area contributed by atoms with Gasteiger partial charge in [0.15, 0.2) is 0 Å². The lowest BCUT2D eigenvalue weighted by molar-refractivity contribution is 0.0548. The summed E-state index contributed by atoms with van der Waals surface area (Å²) >= 11 is 0. The molecule has 6 nitrogen and oxygen atoms in total. The molecule has 0 aliphatic carbocycles. The van der Waals surface area contributed by atoms with Gasteiger partial charge in [0.05, 0.1) is 30.8 Å². The fraction of sp³-hybridized carbons (Fsp3) is 0.636. The summed E-state index contributed by atoms with van der Waals surface area (Å²) in [5.74, 6) is 0. The van der Waals surface area contributed by atoms with Crippen molar-refractivity contribution >= 4 is 11.7 Å². The van der Waals surface area contributed by atoms with Gasteiger partial charge in [-0.25, -0.2) is 4.79 Å². The van der Waals surface area contributed by atoms with Crippen LogP contribution >= 0.6 is 0 Å². The van der Waals surface area contributed by atoms with Crippen molar-refractivity contribution in [3.63, 3.8) is 0 Å². The summed E-state index contributed by atoms with van der Waals surface area (Å²) in [7, 11) is 0. The van der Waals surface area contributed by atoms with Crippen LogP contribution in [0.1, 0.15) is 12.1 Å². The predicted molar refractivity (Wildman–Crippen MR) is 62.0 cm³/mol. The van der Waals surface area contributed by atoms with Gasteiger partial charge in [-0.2, -0.15) is 5.10 Å². The number of nitrogens with one attached hydrogen (secondary N) is 1. The number of hydrogen-bond acceptors (Lipinski definition) is 3. The number of carbonyl (C=O) groups is 1. The summed E-state index contributed by atoms with van der Waals surface area (Å²) in [4.78, 5) is 16.0. The Kier molecular flexibility index (Phi) is 2.72. The molecule has 1 aromatic heterocycles. The number of fused-ring (bicyclic) bond motifs is 1. The first-order chi connectivity index (χ1) is 8.36. The summed E-state index contributed by atoms with van der Waals surface area (Å²) in [5, 5.41) is 6.98. The molecule has 0 radical (unpaired) electrons. The van der Waals surface area contributed by atoms with Crippen LogP contribution in [0, 0.1) is 0 Å². The number of morpholine rings is 1. The number of ether oxygens (including phenoxy) is 1. The highest BCUT2D eigenvalue weighted by Gasteiger charge is 2.28. The van der Waals surface area contributed by atoms with E-state index in [2.05, 4.69) is 10.2 Å². The van der Waals surface area contributed by atoms with E-state index in [1.54, 1.807) is 6.20 Å². The molecule has 1 N–H and O–H groups in total. The highest BCUT2D eigenvalue weighted by atomic mass is 16.5. The topological polar surface area (TPSA) is 61.5 Å². The van der Waals surface area contributed by atoms with Gasteiger partial charge in [0.1, 0.15) is 0 Å². The van der Waals surface area contributed by atoms with Crippen LogP contribution in [0.25, 0.3) is 0 Å². The first-order valence-electron chi connectivity index (χ1n) is 6.03. The van der Waals surface area contributed by atoms with Crippen LogP contribution in [-0.2, 0) is 11.2 Å². The number of aromatic nitrogens is 2. The zero-order chi connectivity index (χ0) is 11.7. The van der Waals surface area contributed by atoms with Crippen LogP contribution in [0.15, 0.2) is 6.20 Å². The molecule has 6 heteroatoms. The maximum Gasteiger partial charge on any atom is 0.324 e. The van der Waals surface area contributed by atoms with Gasteiger partial charge in [-0.1, -0.05) is 0 Å². The summed E-state index contributed by atoms with van der Waals surface area (Å²) in [5.41, 5.74) is 2.01. The molecular formula is C11H16N4O2. The largest absolute Gasteiger partial charge is 0.378 e. The summed E-state index contributed by atoms with van der Waals surface area (Å²) in [6, 6.07) is 0.0793. The minimum Gasteiger partial charge on any atom is -0.378 e. The Morgan fingerprint density at radius 2 is 2.18 bits per heavy atom. The van der Waals surface area contributed by atoms with Gasteiger partial charge in [0.2, 0.25) is 0 Å². The molecule has 1 fully saturated rings. The van der Waals surface area contributed by atoms with E-state index in [0.29, 0.717) is 26.3 Å². The van der Waals surface area contributed by atoms with Crippen LogP contribution in [0.3, 0.4) is 0 Å². The van der Waals surface area contributed by atoms with E-state index < -0.39 is 0 Å². The average molecular weight is 236 g/mol. The van der Waals surface area contributed by atoms with Gasteiger partial charge >= 0.3 is 6.03 Å². The van der Waals surface area contributed by atoms with Crippen molar-refractivity contribution in [2.75, 3.05) is 37.7 Å². The number of urea groups is 1. The molecule has 92 valence electrons. The zero-order valence-corrected chi connectivity index (χ0v) is 9.69. The Hall–Kier alpha value is -1.56. The molecule has 1 aromatic rings. The molecule has 2 amide bonds. The van der Waals surface area contributed by atoms with Crippen molar-refractivity contribution in [1.82, 2.24) is 15.1 Å². The second kappa shape index (κ2) is 4.37. The molecule has 0 bridgehead atoms. The molecule has 0 spiro atoms. The van der Waals surface area contributed by atoms with Crippen LogP contribution in [-0.4, -0.2) is 54.0 Å². The van der Waals surface area contributed by atoms with Gasteiger partial charge in [0.25, 0.3) is 0 Å². The highest BCUT2D eigenvalue weighted by Crippen LogP contribution is 2.25. The normalized spacial score (nSPS) is 20.2. The van der Waals surface area contributed by atoms with Crippen molar-refractivity contribution in [1.29, 1.82) is 0 Å². The maximum absolute atomic E-state index is 12.4. The van der Waals surface area contributed by atoms with Crippen molar-refractivity contribution in [2.45, 2.75) is 12.8 Å². The maximum atomic E-state index is 12.4. The molecule has 2 aliphatic rings. The van der Waals surface area contributed by atoms with E-state index >= 15 is 0 Å². The first kappa shape index (κ1) is 10.6. The number of carbonyl (C=O) groups excluding carboxylic acids is 1. The average Bonchev–Trinajstić information content (AvgIpc) is 2.87. The van der Waals surface area contributed by atoms with Crippen molar-refractivity contribution in [2.24, 2.45) is 0 Å². The Balaban J connectivity index is 1.79. The first-order valence-corrected chi connectivity index (χ1v) is 6.03. The highest BCUT2D eigenvalue weighted by molar-refractivity contribution is 5.92. The van der Waals surface area contributed by atoms with Gasteiger partial charge in [-0.3, -0.25) is 10.00 Å². The van der Waals surface area contributed by atoms with Crippen LogP contribution in [0.4, 0.5) is 10.5 Å². The number of rotatable bonds is 0. The lowest BCUT2D eigenvalue weighted by Gasteiger charge is -2.34. The van der Waals surface area contributed by atoms with Crippen LogP contribution in [0.2, 0.25) is 0 Å². The number of nitrogens with zero attached hydrogens (tertiary/aromatic N) is 3. The fourth-order valence-corrected chi connectivity index (χ4v) is 2.38. The summed E-state index contributed by atoms with van der Waals surface area (Å²) in [6.45, 7) is 3.42. The Bertz CT molecular complexity index is 411. The minimum atomic E-state index is 0.0793. The molecule has 0 unspecified atom stereocenters. The van der Waals surface area contributed by atoms with E-state index in [9.17, 15) is 4.79 Å². The molecule has 0 atom stereocenters. The van der Waals surface area contributed by atoms with Crippen molar-refractivity contribution in [3.8, 4) is 0 Å². The quantitative estimate of drug-likeness (QED) is 0.718. The van der Waals surface area contributed by atoms with Gasteiger partial charge in [-0.05, 0) is 12.8 Å². The second-order valence-electron chi connectivity index (χ2n) is 4.37. The van der Waals surface area contributed by atoms with Crippen molar-refractivity contribution in [3.05, 3.63) is 11.9 Å². The number of anilines is 1. The minimum absolute atomic E-state index is 0.0793. The molecule has 2 aliphatic heterocycles. The summed E-state index contributed by atoms with van der Waals surface area (Å²) < 4.78 is 5.26.